The Bertz CT molecular complexity index is 188. The fourth-order valence-corrected chi connectivity index (χ4v) is 2.16. The maximum absolute atomic E-state index is 11.7. The van der Waals surface area contributed by atoms with Gasteiger partial charge >= 0.3 is 0 Å². The molecule has 1 unspecified atom stereocenters. The Morgan fingerprint density at radius 2 is 2.07 bits per heavy atom. The van der Waals surface area contributed by atoms with Crippen LogP contribution in [0.25, 0.3) is 0 Å². The Morgan fingerprint density at radius 1 is 1.40 bits per heavy atom. The molecule has 1 fully saturated rings. The Balaban J connectivity index is 2.16. The summed E-state index contributed by atoms with van der Waals surface area (Å²) in [6.07, 6.45) is 7.02. The lowest BCUT2D eigenvalue weighted by atomic mass is 9.88. The largest absolute Gasteiger partial charge is 0.391 e. The molecule has 3 nitrogen and oxygen atoms in total. The Kier molecular flexibility index (Phi) is 5.69. The number of amides is 1. The van der Waals surface area contributed by atoms with Crippen molar-refractivity contribution in [3.8, 4) is 0 Å². The number of rotatable bonds is 5. The van der Waals surface area contributed by atoms with Gasteiger partial charge in [-0.3, -0.25) is 4.79 Å². The van der Waals surface area contributed by atoms with Crippen molar-refractivity contribution in [3.63, 3.8) is 0 Å². The summed E-state index contributed by atoms with van der Waals surface area (Å²) >= 11 is 0. The Morgan fingerprint density at radius 3 is 2.67 bits per heavy atom. The molecule has 1 aliphatic carbocycles. The van der Waals surface area contributed by atoms with Crippen molar-refractivity contribution in [1.29, 1.82) is 0 Å². The van der Waals surface area contributed by atoms with Crippen molar-refractivity contribution in [3.05, 3.63) is 0 Å². The molecule has 0 radical (unpaired) electrons. The van der Waals surface area contributed by atoms with Gasteiger partial charge in [-0.15, -0.1) is 0 Å². The Labute approximate surface area is 92.3 Å². The van der Waals surface area contributed by atoms with Crippen molar-refractivity contribution in [2.75, 3.05) is 6.54 Å². The molecule has 1 saturated carbocycles. The predicted octanol–water partition coefficient (Wildman–Crippen LogP) is 1.84. The van der Waals surface area contributed by atoms with Gasteiger partial charge in [0.25, 0.3) is 0 Å². The molecule has 0 heterocycles. The topological polar surface area (TPSA) is 49.3 Å². The SMILES string of the molecule is CCCC(O)CNC(=O)C1CCCCC1. The van der Waals surface area contributed by atoms with E-state index >= 15 is 0 Å². The van der Waals surface area contributed by atoms with Crippen LogP contribution < -0.4 is 5.32 Å². The van der Waals surface area contributed by atoms with Crippen molar-refractivity contribution in [2.24, 2.45) is 5.92 Å². The average Bonchev–Trinajstić information content (AvgIpc) is 2.27. The molecular formula is C12H23NO2. The molecular weight excluding hydrogens is 190 g/mol. The Hall–Kier alpha value is -0.570. The minimum atomic E-state index is -0.373. The van der Waals surface area contributed by atoms with E-state index in [0.29, 0.717) is 6.54 Å². The van der Waals surface area contributed by atoms with Crippen LogP contribution in [-0.2, 0) is 4.79 Å². The zero-order valence-corrected chi connectivity index (χ0v) is 9.67. The molecule has 0 bridgehead atoms. The fourth-order valence-electron chi connectivity index (χ4n) is 2.16. The number of carbonyl (C=O) groups is 1. The van der Waals surface area contributed by atoms with Crippen LogP contribution in [0.4, 0.5) is 0 Å². The van der Waals surface area contributed by atoms with Crippen LogP contribution in [0.5, 0.6) is 0 Å². The summed E-state index contributed by atoms with van der Waals surface area (Å²) in [5.74, 6) is 0.345. The first-order chi connectivity index (χ1) is 7.24. The van der Waals surface area contributed by atoms with Crippen molar-refractivity contribution < 1.29 is 9.90 Å². The van der Waals surface area contributed by atoms with E-state index in [1.165, 1.54) is 19.3 Å². The van der Waals surface area contributed by atoms with E-state index in [9.17, 15) is 9.90 Å². The molecule has 0 aromatic carbocycles. The summed E-state index contributed by atoms with van der Waals surface area (Å²) in [4.78, 5) is 11.7. The second-order valence-electron chi connectivity index (χ2n) is 4.52. The first-order valence-electron chi connectivity index (χ1n) is 6.19. The lowest BCUT2D eigenvalue weighted by molar-refractivity contribution is -0.126. The highest BCUT2D eigenvalue weighted by Crippen LogP contribution is 2.23. The smallest absolute Gasteiger partial charge is 0.223 e. The summed E-state index contributed by atoms with van der Waals surface area (Å²) in [6.45, 7) is 2.45. The minimum Gasteiger partial charge on any atom is -0.391 e. The van der Waals surface area contributed by atoms with E-state index in [2.05, 4.69) is 5.32 Å². The average molecular weight is 213 g/mol. The second-order valence-corrected chi connectivity index (χ2v) is 4.52. The van der Waals surface area contributed by atoms with Gasteiger partial charge in [0.1, 0.15) is 0 Å². The highest BCUT2D eigenvalue weighted by Gasteiger charge is 2.20. The van der Waals surface area contributed by atoms with Gasteiger partial charge < -0.3 is 10.4 Å². The number of nitrogens with one attached hydrogen (secondary N) is 1. The van der Waals surface area contributed by atoms with E-state index in [1.807, 2.05) is 6.92 Å². The monoisotopic (exact) mass is 213 g/mol. The quantitative estimate of drug-likeness (QED) is 0.732. The van der Waals surface area contributed by atoms with Gasteiger partial charge in [0, 0.05) is 12.5 Å². The third-order valence-electron chi connectivity index (χ3n) is 3.11. The molecule has 15 heavy (non-hydrogen) atoms. The summed E-state index contributed by atoms with van der Waals surface area (Å²) in [5.41, 5.74) is 0. The van der Waals surface area contributed by atoms with Crippen LogP contribution in [0, 0.1) is 5.92 Å². The van der Waals surface area contributed by atoms with Crippen LogP contribution in [0.1, 0.15) is 51.9 Å². The summed E-state index contributed by atoms with van der Waals surface area (Å²) in [5, 5.41) is 12.3. The zero-order chi connectivity index (χ0) is 11.1. The lowest BCUT2D eigenvalue weighted by Crippen LogP contribution is -2.37. The fraction of sp³-hybridized carbons (Fsp3) is 0.917. The zero-order valence-electron chi connectivity index (χ0n) is 9.67. The van der Waals surface area contributed by atoms with E-state index in [4.69, 9.17) is 0 Å². The van der Waals surface area contributed by atoms with Crippen molar-refractivity contribution in [1.82, 2.24) is 5.32 Å². The third kappa shape index (κ3) is 4.65. The third-order valence-corrected chi connectivity index (χ3v) is 3.11. The number of aliphatic hydroxyl groups excluding tert-OH is 1. The lowest BCUT2D eigenvalue weighted by Gasteiger charge is -2.21. The minimum absolute atomic E-state index is 0.143. The van der Waals surface area contributed by atoms with E-state index in [1.54, 1.807) is 0 Å². The summed E-state index contributed by atoms with van der Waals surface area (Å²) in [7, 11) is 0. The van der Waals surface area contributed by atoms with E-state index in [-0.39, 0.29) is 17.9 Å². The van der Waals surface area contributed by atoms with Crippen LogP contribution >= 0.6 is 0 Å². The molecule has 1 atom stereocenters. The summed E-state index contributed by atoms with van der Waals surface area (Å²) < 4.78 is 0. The van der Waals surface area contributed by atoms with Gasteiger partial charge in [-0.25, -0.2) is 0 Å². The van der Waals surface area contributed by atoms with Crippen LogP contribution in [0.15, 0.2) is 0 Å². The molecule has 0 saturated heterocycles. The van der Waals surface area contributed by atoms with Crippen molar-refractivity contribution >= 4 is 5.91 Å². The highest BCUT2D eigenvalue weighted by atomic mass is 16.3. The second kappa shape index (κ2) is 6.83. The highest BCUT2D eigenvalue weighted by molar-refractivity contribution is 5.78. The number of carbonyl (C=O) groups excluding carboxylic acids is 1. The van der Waals surface area contributed by atoms with Crippen LogP contribution in [0.3, 0.4) is 0 Å². The molecule has 0 aromatic heterocycles. The molecule has 88 valence electrons. The number of hydrogen-bond acceptors (Lipinski definition) is 2. The van der Waals surface area contributed by atoms with Gasteiger partial charge in [0.05, 0.1) is 6.10 Å². The standard InChI is InChI=1S/C12H23NO2/c1-2-6-11(14)9-13-12(15)10-7-4-3-5-8-10/h10-11,14H,2-9H2,1H3,(H,13,15). The van der Waals surface area contributed by atoms with Gasteiger partial charge in [0.15, 0.2) is 0 Å². The molecule has 1 amide bonds. The van der Waals surface area contributed by atoms with Gasteiger partial charge in [-0.2, -0.15) is 0 Å². The van der Waals surface area contributed by atoms with Gasteiger partial charge in [0.2, 0.25) is 5.91 Å². The van der Waals surface area contributed by atoms with Crippen LogP contribution in [0.2, 0.25) is 0 Å². The van der Waals surface area contributed by atoms with Gasteiger partial charge in [-0.05, 0) is 19.3 Å². The van der Waals surface area contributed by atoms with Gasteiger partial charge in [-0.1, -0.05) is 32.6 Å². The predicted molar refractivity (Wildman–Crippen MR) is 60.5 cm³/mol. The molecule has 0 spiro atoms. The molecule has 1 rings (SSSR count). The molecule has 0 aliphatic heterocycles. The normalized spacial score (nSPS) is 19.9. The first-order valence-corrected chi connectivity index (χ1v) is 6.19. The molecule has 3 heteroatoms. The van der Waals surface area contributed by atoms with Crippen molar-refractivity contribution in [2.45, 2.75) is 58.0 Å². The maximum atomic E-state index is 11.7. The molecule has 1 aliphatic rings. The molecule has 0 aromatic rings. The van der Waals surface area contributed by atoms with Crippen LogP contribution in [-0.4, -0.2) is 23.7 Å². The molecule has 2 N–H and O–H groups in total. The van der Waals surface area contributed by atoms with E-state index in [0.717, 1.165) is 25.7 Å². The first kappa shape index (κ1) is 12.5. The summed E-state index contributed by atoms with van der Waals surface area (Å²) in [6, 6.07) is 0. The maximum Gasteiger partial charge on any atom is 0.223 e. The number of aliphatic hydroxyl groups is 1. The number of hydrogen-bond donors (Lipinski definition) is 2. The van der Waals surface area contributed by atoms with E-state index < -0.39 is 0 Å².